The topological polar surface area (TPSA) is 63.1 Å². The Morgan fingerprint density at radius 1 is 1.00 bits per heavy atom. The van der Waals surface area contributed by atoms with Crippen LogP contribution in [0.2, 0.25) is 0 Å². The molecule has 4 aromatic rings. The summed E-state index contributed by atoms with van der Waals surface area (Å²) in [7, 11) is 0. The zero-order valence-electron chi connectivity index (χ0n) is 19.1. The molecular formula is C27H26FN3O2S. The van der Waals surface area contributed by atoms with Crippen LogP contribution in [-0.4, -0.2) is 28.7 Å². The highest BCUT2D eigenvalue weighted by atomic mass is 32.2. The summed E-state index contributed by atoms with van der Waals surface area (Å²) >= 11 is 1.48. The third kappa shape index (κ3) is 5.48. The van der Waals surface area contributed by atoms with E-state index in [1.807, 2.05) is 67.1 Å². The first-order chi connectivity index (χ1) is 16.4. The van der Waals surface area contributed by atoms with Gasteiger partial charge in [-0.2, -0.15) is 0 Å². The average molecular weight is 476 g/mol. The predicted octanol–water partition coefficient (Wildman–Crippen LogP) is 5.56. The van der Waals surface area contributed by atoms with Crippen molar-refractivity contribution in [3.8, 4) is 0 Å². The van der Waals surface area contributed by atoms with Gasteiger partial charge in [-0.25, -0.2) is 4.39 Å². The number of aryl methyl sites for hydroxylation is 2. The molecule has 0 aliphatic heterocycles. The van der Waals surface area contributed by atoms with Gasteiger partial charge < -0.3 is 15.2 Å². The van der Waals surface area contributed by atoms with Crippen LogP contribution in [0.5, 0.6) is 0 Å². The van der Waals surface area contributed by atoms with Crippen molar-refractivity contribution in [1.29, 1.82) is 0 Å². The van der Waals surface area contributed by atoms with Crippen molar-refractivity contribution in [2.45, 2.75) is 25.3 Å². The number of rotatable bonds is 8. The highest BCUT2D eigenvalue weighted by Gasteiger charge is 2.13. The molecule has 0 bridgehead atoms. The lowest BCUT2D eigenvalue weighted by molar-refractivity contribution is -0.113. The van der Waals surface area contributed by atoms with Crippen molar-refractivity contribution in [2.75, 3.05) is 17.6 Å². The summed E-state index contributed by atoms with van der Waals surface area (Å²) in [5.74, 6) is -0.755. The Labute approximate surface area is 202 Å². The Hall–Kier alpha value is -3.58. The molecule has 3 aromatic carbocycles. The SMILES string of the molecule is Cc1ccc(C)c(NC(=O)CSc2cn(CCNC(=O)c3ccccc3F)c3ccccc23)c1. The number of thioether (sulfide) groups is 1. The van der Waals surface area contributed by atoms with Gasteiger partial charge in [0, 0.05) is 40.8 Å². The van der Waals surface area contributed by atoms with Crippen LogP contribution in [0.15, 0.2) is 77.8 Å². The molecule has 0 aliphatic rings. The van der Waals surface area contributed by atoms with E-state index in [0.29, 0.717) is 13.1 Å². The summed E-state index contributed by atoms with van der Waals surface area (Å²) in [5, 5.41) is 6.83. The van der Waals surface area contributed by atoms with E-state index in [9.17, 15) is 14.0 Å². The number of aromatic nitrogens is 1. The second kappa shape index (κ2) is 10.6. The third-order valence-corrected chi connectivity index (χ3v) is 6.58. The molecule has 4 rings (SSSR count). The largest absolute Gasteiger partial charge is 0.350 e. The van der Waals surface area contributed by atoms with E-state index < -0.39 is 11.7 Å². The summed E-state index contributed by atoms with van der Waals surface area (Å²) < 4.78 is 15.9. The van der Waals surface area contributed by atoms with E-state index in [0.717, 1.165) is 32.6 Å². The maximum Gasteiger partial charge on any atom is 0.254 e. The number of hydrogen-bond acceptors (Lipinski definition) is 3. The van der Waals surface area contributed by atoms with Crippen molar-refractivity contribution in [3.63, 3.8) is 0 Å². The Bertz CT molecular complexity index is 1350. The second-order valence-corrected chi connectivity index (χ2v) is 9.11. The Morgan fingerprint density at radius 2 is 1.76 bits per heavy atom. The van der Waals surface area contributed by atoms with Crippen molar-refractivity contribution < 1.29 is 14.0 Å². The van der Waals surface area contributed by atoms with E-state index >= 15 is 0 Å². The van der Waals surface area contributed by atoms with Crippen LogP contribution >= 0.6 is 11.8 Å². The number of halogens is 1. The van der Waals surface area contributed by atoms with Gasteiger partial charge in [0.05, 0.1) is 11.3 Å². The molecule has 0 spiro atoms. The molecule has 1 aromatic heterocycles. The summed E-state index contributed by atoms with van der Waals surface area (Å²) in [6.45, 7) is 4.84. The van der Waals surface area contributed by atoms with E-state index in [2.05, 4.69) is 10.6 Å². The lowest BCUT2D eigenvalue weighted by atomic mass is 10.1. The summed E-state index contributed by atoms with van der Waals surface area (Å²) in [4.78, 5) is 25.9. The first-order valence-corrected chi connectivity index (χ1v) is 12.0. The molecule has 174 valence electrons. The highest BCUT2D eigenvalue weighted by Crippen LogP contribution is 2.30. The normalized spacial score (nSPS) is 10.9. The molecule has 0 fully saturated rings. The van der Waals surface area contributed by atoms with E-state index in [-0.39, 0.29) is 17.2 Å². The zero-order valence-corrected chi connectivity index (χ0v) is 19.9. The van der Waals surface area contributed by atoms with Gasteiger partial charge in [0.25, 0.3) is 5.91 Å². The van der Waals surface area contributed by atoms with Gasteiger partial charge in [-0.3, -0.25) is 9.59 Å². The number of nitrogens with zero attached hydrogens (tertiary/aromatic N) is 1. The fourth-order valence-electron chi connectivity index (χ4n) is 3.74. The van der Waals surface area contributed by atoms with Gasteiger partial charge in [0.15, 0.2) is 0 Å². The number of carbonyl (C=O) groups excluding carboxylic acids is 2. The molecule has 34 heavy (non-hydrogen) atoms. The van der Waals surface area contributed by atoms with E-state index in [4.69, 9.17) is 0 Å². The van der Waals surface area contributed by atoms with Gasteiger partial charge in [-0.15, -0.1) is 11.8 Å². The highest BCUT2D eigenvalue weighted by molar-refractivity contribution is 8.00. The van der Waals surface area contributed by atoms with Crippen molar-refractivity contribution in [1.82, 2.24) is 9.88 Å². The molecule has 7 heteroatoms. The quantitative estimate of drug-likeness (QED) is 0.328. The van der Waals surface area contributed by atoms with Crippen LogP contribution in [0.3, 0.4) is 0 Å². The molecule has 0 atom stereocenters. The lowest BCUT2D eigenvalue weighted by Gasteiger charge is -2.09. The number of para-hydroxylation sites is 1. The Morgan fingerprint density at radius 3 is 2.59 bits per heavy atom. The van der Waals surface area contributed by atoms with Gasteiger partial charge in [0.1, 0.15) is 5.82 Å². The predicted molar refractivity (Wildman–Crippen MR) is 136 cm³/mol. The molecule has 5 nitrogen and oxygen atoms in total. The first kappa shape index (κ1) is 23.6. The second-order valence-electron chi connectivity index (χ2n) is 8.09. The van der Waals surface area contributed by atoms with Gasteiger partial charge in [-0.05, 0) is 49.2 Å². The standard InChI is InChI=1S/C27H26FN3O2S/c1-18-11-12-19(2)23(15-18)30-26(32)17-34-25-16-31(24-10-6-4-8-21(24)25)14-13-29-27(33)20-7-3-5-9-22(20)28/h3-12,15-16H,13-14,17H2,1-2H3,(H,29,33)(H,30,32). The van der Waals surface area contributed by atoms with Crippen molar-refractivity contribution >= 4 is 40.2 Å². The zero-order chi connectivity index (χ0) is 24.1. The monoisotopic (exact) mass is 475 g/mol. The Balaban J connectivity index is 1.40. The van der Waals surface area contributed by atoms with E-state index in [1.165, 1.54) is 23.9 Å². The van der Waals surface area contributed by atoms with Gasteiger partial charge in [0.2, 0.25) is 5.91 Å². The maximum absolute atomic E-state index is 13.8. The molecule has 2 N–H and O–H groups in total. The number of nitrogens with one attached hydrogen (secondary N) is 2. The van der Waals surface area contributed by atoms with Crippen LogP contribution in [0.25, 0.3) is 10.9 Å². The fourth-order valence-corrected chi connectivity index (χ4v) is 4.63. The van der Waals surface area contributed by atoms with Crippen molar-refractivity contribution in [2.24, 2.45) is 0 Å². The molecular weight excluding hydrogens is 449 g/mol. The molecule has 0 unspecified atom stereocenters. The lowest BCUT2D eigenvalue weighted by Crippen LogP contribution is -2.27. The summed E-state index contributed by atoms with van der Waals surface area (Å²) in [5.41, 5.74) is 4.00. The number of carbonyl (C=O) groups is 2. The van der Waals surface area contributed by atoms with Crippen LogP contribution in [0, 0.1) is 19.7 Å². The molecule has 0 saturated carbocycles. The van der Waals surface area contributed by atoms with Gasteiger partial charge in [-0.1, -0.05) is 42.5 Å². The van der Waals surface area contributed by atoms with Crippen LogP contribution in [0.1, 0.15) is 21.5 Å². The first-order valence-electron chi connectivity index (χ1n) is 11.0. The fraction of sp³-hybridized carbons (Fsp3) is 0.185. The van der Waals surface area contributed by atoms with E-state index in [1.54, 1.807) is 12.1 Å². The average Bonchev–Trinajstić information content (AvgIpc) is 3.18. The number of amides is 2. The minimum absolute atomic E-state index is 0.0333. The van der Waals surface area contributed by atoms with Crippen LogP contribution < -0.4 is 10.6 Å². The molecule has 0 saturated heterocycles. The molecule has 1 heterocycles. The van der Waals surface area contributed by atoms with Crippen molar-refractivity contribution in [3.05, 3.63) is 95.4 Å². The van der Waals surface area contributed by atoms with Gasteiger partial charge >= 0.3 is 0 Å². The summed E-state index contributed by atoms with van der Waals surface area (Å²) in [6, 6.07) is 19.9. The minimum Gasteiger partial charge on any atom is -0.350 e. The molecule has 0 radical (unpaired) electrons. The number of benzene rings is 3. The molecule has 0 aliphatic carbocycles. The smallest absolute Gasteiger partial charge is 0.254 e. The van der Waals surface area contributed by atoms with Crippen LogP contribution in [-0.2, 0) is 11.3 Å². The minimum atomic E-state index is -0.538. The summed E-state index contributed by atoms with van der Waals surface area (Å²) in [6.07, 6.45) is 2.00. The number of hydrogen-bond donors (Lipinski definition) is 2. The molecule has 2 amide bonds. The third-order valence-electron chi connectivity index (χ3n) is 5.53. The van der Waals surface area contributed by atoms with Crippen LogP contribution in [0.4, 0.5) is 10.1 Å². The maximum atomic E-state index is 13.8. The number of anilines is 1. The number of fused-ring (bicyclic) bond motifs is 1. The Kier molecular flexibility index (Phi) is 7.33.